The number of nitrogens with zero attached hydrogens (tertiary/aromatic N) is 5. The number of amides is 1. The van der Waals surface area contributed by atoms with Crippen molar-refractivity contribution in [3.05, 3.63) is 53.4 Å². The molecule has 0 aliphatic carbocycles. The lowest BCUT2D eigenvalue weighted by atomic mass is 10.0. The van der Waals surface area contributed by atoms with Crippen LogP contribution < -0.4 is 5.73 Å². The first kappa shape index (κ1) is 17.7. The number of pyridine rings is 1. The first-order valence-electron chi connectivity index (χ1n) is 8.65. The molecule has 1 amide bonds. The molecule has 0 aromatic carbocycles. The van der Waals surface area contributed by atoms with Gasteiger partial charge in [0.2, 0.25) is 0 Å². The van der Waals surface area contributed by atoms with Gasteiger partial charge in [0.05, 0.1) is 29.5 Å². The van der Waals surface area contributed by atoms with Crippen LogP contribution in [0.1, 0.15) is 47.2 Å². The Labute approximate surface area is 152 Å². The molecule has 0 atom stereocenters. The van der Waals surface area contributed by atoms with E-state index in [9.17, 15) is 4.79 Å². The highest BCUT2D eigenvalue weighted by atomic mass is 16.1. The van der Waals surface area contributed by atoms with E-state index in [2.05, 4.69) is 27.0 Å². The van der Waals surface area contributed by atoms with Gasteiger partial charge < -0.3 is 5.73 Å². The maximum atomic E-state index is 12.0. The minimum atomic E-state index is -0.545. The van der Waals surface area contributed by atoms with Crippen molar-refractivity contribution in [2.45, 2.75) is 40.0 Å². The summed E-state index contributed by atoms with van der Waals surface area (Å²) < 4.78 is 1.69. The Morgan fingerprint density at radius 1 is 1.08 bits per heavy atom. The van der Waals surface area contributed by atoms with Gasteiger partial charge in [-0.2, -0.15) is 5.10 Å². The summed E-state index contributed by atoms with van der Waals surface area (Å²) >= 11 is 0. The average Bonchev–Trinajstić information content (AvgIpc) is 3.01. The molecule has 0 radical (unpaired) electrons. The third kappa shape index (κ3) is 3.46. The monoisotopic (exact) mass is 350 g/mol. The second kappa shape index (κ2) is 7.43. The van der Waals surface area contributed by atoms with Gasteiger partial charge in [-0.3, -0.25) is 19.7 Å². The van der Waals surface area contributed by atoms with Crippen molar-refractivity contribution in [3.63, 3.8) is 0 Å². The fourth-order valence-corrected chi connectivity index (χ4v) is 2.79. The molecule has 0 saturated carbocycles. The van der Waals surface area contributed by atoms with Crippen LogP contribution in [0.4, 0.5) is 0 Å². The molecule has 3 rings (SSSR count). The maximum absolute atomic E-state index is 12.0. The number of aryl methyl sites for hydroxylation is 2. The number of unbranched alkanes of at least 4 members (excludes halogenated alkanes) is 1. The number of nitrogens with two attached hydrogens (primary N) is 1. The van der Waals surface area contributed by atoms with Crippen LogP contribution in [-0.4, -0.2) is 30.6 Å². The molecule has 0 spiro atoms. The van der Waals surface area contributed by atoms with E-state index in [1.807, 2.05) is 26.0 Å². The Kier molecular flexibility index (Phi) is 5.06. The van der Waals surface area contributed by atoms with Crippen LogP contribution in [0.25, 0.3) is 17.1 Å². The van der Waals surface area contributed by atoms with Crippen LogP contribution in [0.15, 0.2) is 30.7 Å². The van der Waals surface area contributed by atoms with E-state index in [4.69, 9.17) is 5.73 Å². The molecule has 7 heteroatoms. The topological polar surface area (TPSA) is 99.6 Å². The van der Waals surface area contributed by atoms with Gasteiger partial charge in [0.25, 0.3) is 5.91 Å². The first-order valence-corrected chi connectivity index (χ1v) is 8.65. The minimum Gasteiger partial charge on any atom is -0.364 e. The van der Waals surface area contributed by atoms with E-state index >= 15 is 0 Å². The van der Waals surface area contributed by atoms with Crippen LogP contribution in [0, 0.1) is 13.8 Å². The lowest BCUT2D eigenvalue weighted by molar-refractivity contribution is 0.0994. The summed E-state index contributed by atoms with van der Waals surface area (Å²) in [5, 5.41) is 4.50. The van der Waals surface area contributed by atoms with Crippen molar-refractivity contribution in [3.8, 4) is 17.1 Å². The summed E-state index contributed by atoms with van der Waals surface area (Å²) in [6.45, 7) is 5.90. The predicted molar refractivity (Wildman–Crippen MR) is 99.0 cm³/mol. The smallest absolute Gasteiger partial charge is 0.269 e. The minimum absolute atomic E-state index is 0.274. The number of hydrogen-bond acceptors (Lipinski definition) is 5. The Morgan fingerprint density at radius 3 is 2.42 bits per heavy atom. The summed E-state index contributed by atoms with van der Waals surface area (Å²) in [7, 11) is 0. The summed E-state index contributed by atoms with van der Waals surface area (Å²) in [4.78, 5) is 25.2. The molecular weight excluding hydrogens is 328 g/mol. The Morgan fingerprint density at radius 2 is 1.85 bits per heavy atom. The van der Waals surface area contributed by atoms with E-state index in [-0.39, 0.29) is 5.69 Å². The van der Waals surface area contributed by atoms with Crippen LogP contribution in [0.5, 0.6) is 0 Å². The van der Waals surface area contributed by atoms with E-state index in [0.717, 1.165) is 41.2 Å². The molecule has 26 heavy (non-hydrogen) atoms. The number of rotatable bonds is 6. The fourth-order valence-electron chi connectivity index (χ4n) is 2.79. The quantitative estimate of drug-likeness (QED) is 0.737. The molecule has 3 aromatic heterocycles. The number of aromatic nitrogens is 5. The molecule has 2 N–H and O–H groups in total. The molecule has 3 aromatic rings. The van der Waals surface area contributed by atoms with E-state index in [1.54, 1.807) is 23.3 Å². The molecule has 7 nitrogen and oxygen atoms in total. The summed E-state index contributed by atoms with van der Waals surface area (Å²) in [6, 6.07) is 3.81. The van der Waals surface area contributed by atoms with Crippen molar-refractivity contribution >= 4 is 5.91 Å². The van der Waals surface area contributed by atoms with Crippen molar-refractivity contribution < 1.29 is 4.79 Å². The Balaban J connectivity index is 2.26. The zero-order chi connectivity index (χ0) is 18.7. The van der Waals surface area contributed by atoms with Crippen molar-refractivity contribution in [1.29, 1.82) is 0 Å². The normalized spacial score (nSPS) is 10.9. The zero-order valence-electron chi connectivity index (χ0n) is 15.2. The lowest BCUT2D eigenvalue weighted by Gasteiger charge is -2.09. The second-order valence-corrected chi connectivity index (χ2v) is 6.26. The van der Waals surface area contributed by atoms with Crippen LogP contribution in [0.3, 0.4) is 0 Å². The van der Waals surface area contributed by atoms with Crippen LogP contribution in [-0.2, 0) is 6.42 Å². The SMILES string of the molecule is CCCCc1c(C(N)=O)nn(-c2ccc(C)nc2)c1-c1cnc(C)cn1. The molecule has 0 fully saturated rings. The van der Waals surface area contributed by atoms with Gasteiger partial charge in [-0.15, -0.1) is 0 Å². The van der Waals surface area contributed by atoms with Gasteiger partial charge in [-0.25, -0.2) is 4.68 Å². The fraction of sp³-hybridized carbons (Fsp3) is 0.316. The number of hydrogen-bond donors (Lipinski definition) is 1. The first-order chi connectivity index (χ1) is 12.5. The highest BCUT2D eigenvalue weighted by molar-refractivity contribution is 5.94. The van der Waals surface area contributed by atoms with Gasteiger partial charge in [-0.1, -0.05) is 13.3 Å². The van der Waals surface area contributed by atoms with Crippen molar-refractivity contribution in [2.75, 3.05) is 0 Å². The van der Waals surface area contributed by atoms with Gasteiger partial charge in [0.1, 0.15) is 5.69 Å². The molecule has 3 heterocycles. The molecule has 0 aliphatic rings. The number of primary amides is 1. The second-order valence-electron chi connectivity index (χ2n) is 6.26. The van der Waals surface area contributed by atoms with E-state index in [0.29, 0.717) is 12.1 Å². The zero-order valence-corrected chi connectivity index (χ0v) is 15.2. The molecule has 0 bridgehead atoms. The summed E-state index contributed by atoms with van der Waals surface area (Å²) in [6.07, 6.45) is 7.73. The Bertz CT molecular complexity index is 912. The Hall–Kier alpha value is -3.09. The highest BCUT2D eigenvalue weighted by Gasteiger charge is 2.24. The highest BCUT2D eigenvalue weighted by Crippen LogP contribution is 2.29. The molecule has 0 aliphatic heterocycles. The molecule has 0 saturated heterocycles. The van der Waals surface area contributed by atoms with Gasteiger partial charge >= 0.3 is 0 Å². The standard InChI is InChI=1S/C19H22N6O/c1-4-5-6-15-17(19(20)26)24-25(14-8-7-12(2)21-10-14)18(15)16-11-22-13(3)9-23-16/h7-11H,4-6H2,1-3H3,(H2,20,26). The summed E-state index contributed by atoms with van der Waals surface area (Å²) in [5.74, 6) is -0.545. The third-order valence-electron chi connectivity index (χ3n) is 4.16. The predicted octanol–water partition coefficient (Wildman–Crippen LogP) is 2.78. The van der Waals surface area contributed by atoms with Crippen LogP contribution >= 0.6 is 0 Å². The van der Waals surface area contributed by atoms with Crippen LogP contribution in [0.2, 0.25) is 0 Å². The van der Waals surface area contributed by atoms with Gasteiger partial charge in [0.15, 0.2) is 5.69 Å². The maximum Gasteiger partial charge on any atom is 0.269 e. The van der Waals surface area contributed by atoms with Crippen molar-refractivity contribution in [2.24, 2.45) is 5.73 Å². The largest absolute Gasteiger partial charge is 0.364 e. The lowest BCUT2D eigenvalue weighted by Crippen LogP contribution is -2.14. The summed E-state index contributed by atoms with van der Waals surface area (Å²) in [5.41, 5.74) is 10.6. The van der Waals surface area contributed by atoms with E-state index in [1.165, 1.54) is 0 Å². The average molecular weight is 350 g/mol. The third-order valence-corrected chi connectivity index (χ3v) is 4.16. The van der Waals surface area contributed by atoms with Gasteiger partial charge in [-0.05, 0) is 38.8 Å². The van der Waals surface area contributed by atoms with Crippen molar-refractivity contribution in [1.82, 2.24) is 24.7 Å². The number of carbonyl (C=O) groups excluding carboxylic acids is 1. The van der Waals surface area contributed by atoms with E-state index < -0.39 is 5.91 Å². The molecule has 0 unspecified atom stereocenters. The van der Waals surface area contributed by atoms with Gasteiger partial charge in [0, 0.05) is 17.5 Å². The molecular formula is C19H22N6O. The molecule has 134 valence electrons. The number of carbonyl (C=O) groups is 1.